The van der Waals surface area contributed by atoms with E-state index in [0.717, 1.165) is 13.1 Å². The number of hydrogen-bond acceptors (Lipinski definition) is 2. The molecule has 1 aromatic carbocycles. The number of ether oxygens (including phenoxy) is 1. The van der Waals surface area contributed by atoms with E-state index in [9.17, 15) is 0 Å². The molecule has 0 bridgehead atoms. The lowest BCUT2D eigenvalue weighted by atomic mass is 9.83. The van der Waals surface area contributed by atoms with Gasteiger partial charge < -0.3 is 10.1 Å². The van der Waals surface area contributed by atoms with Gasteiger partial charge >= 0.3 is 0 Å². The third-order valence-corrected chi connectivity index (χ3v) is 5.08. The lowest BCUT2D eigenvalue weighted by Gasteiger charge is -2.44. The molecule has 1 unspecified atom stereocenters. The number of morpholine rings is 1. The molecule has 2 heteroatoms. The van der Waals surface area contributed by atoms with E-state index in [4.69, 9.17) is 4.74 Å². The number of hydrogen-bond donors (Lipinski definition) is 1. The highest BCUT2D eigenvalue weighted by molar-refractivity contribution is 5.29. The normalized spacial score (nSPS) is 26.0. The minimum absolute atomic E-state index is 0.101. The third-order valence-electron chi connectivity index (χ3n) is 5.08. The number of nitrogens with one attached hydrogen (secondary N) is 1. The largest absolute Gasteiger partial charge is 0.364 e. The van der Waals surface area contributed by atoms with E-state index in [2.05, 4.69) is 50.4 Å². The van der Waals surface area contributed by atoms with E-state index in [0.29, 0.717) is 0 Å². The predicted molar refractivity (Wildman–Crippen MR) is 87.7 cm³/mol. The SMILES string of the molecule is CC(C)(C)c1ccc(C2CNCC3(CCCCC3)O2)cc1. The first-order valence-electron chi connectivity index (χ1n) is 8.48. The summed E-state index contributed by atoms with van der Waals surface area (Å²) in [6.45, 7) is 8.76. The van der Waals surface area contributed by atoms with Gasteiger partial charge in [-0.05, 0) is 29.4 Å². The zero-order chi connectivity index (χ0) is 14.9. The molecule has 1 heterocycles. The summed E-state index contributed by atoms with van der Waals surface area (Å²) in [5.74, 6) is 0. The molecule has 1 atom stereocenters. The standard InChI is InChI=1S/C19H29NO/c1-18(2,3)16-9-7-15(8-10-16)17-13-20-14-19(21-17)11-5-4-6-12-19/h7-10,17,20H,4-6,11-14H2,1-3H3. The lowest BCUT2D eigenvalue weighted by Crippen LogP contribution is -2.51. The van der Waals surface area contributed by atoms with Crippen LogP contribution in [0, 0.1) is 0 Å². The molecule has 21 heavy (non-hydrogen) atoms. The van der Waals surface area contributed by atoms with Crippen molar-refractivity contribution in [3.8, 4) is 0 Å². The molecule has 1 saturated heterocycles. The maximum Gasteiger partial charge on any atom is 0.0957 e. The van der Waals surface area contributed by atoms with E-state index < -0.39 is 0 Å². The maximum atomic E-state index is 6.56. The Morgan fingerprint density at radius 2 is 1.71 bits per heavy atom. The average Bonchev–Trinajstić information content (AvgIpc) is 2.47. The highest BCUT2D eigenvalue weighted by Gasteiger charge is 2.38. The molecule has 1 aliphatic carbocycles. The van der Waals surface area contributed by atoms with E-state index >= 15 is 0 Å². The van der Waals surface area contributed by atoms with Crippen LogP contribution in [0.2, 0.25) is 0 Å². The summed E-state index contributed by atoms with van der Waals surface area (Å²) in [5.41, 5.74) is 3.03. The van der Waals surface area contributed by atoms with Gasteiger partial charge in [-0.25, -0.2) is 0 Å². The molecule has 1 aromatic rings. The summed E-state index contributed by atoms with van der Waals surface area (Å²) < 4.78 is 6.56. The highest BCUT2D eigenvalue weighted by Crippen LogP contribution is 2.38. The summed E-state index contributed by atoms with van der Waals surface area (Å²) in [6, 6.07) is 9.05. The molecule has 3 rings (SSSR count). The molecular weight excluding hydrogens is 258 g/mol. The average molecular weight is 287 g/mol. The van der Waals surface area contributed by atoms with Crippen LogP contribution in [0.15, 0.2) is 24.3 Å². The van der Waals surface area contributed by atoms with Crippen LogP contribution < -0.4 is 5.32 Å². The Kier molecular flexibility index (Phi) is 4.11. The van der Waals surface area contributed by atoms with Crippen molar-refractivity contribution in [3.05, 3.63) is 35.4 Å². The van der Waals surface area contributed by atoms with Gasteiger partial charge in [-0.1, -0.05) is 64.3 Å². The Morgan fingerprint density at radius 3 is 2.33 bits per heavy atom. The van der Waals surface area contributed by atoms with Crippen molar-refractivity contribution < 1.29 is 4.74 Å². The molecule has 116 valence electrons. The van der Waals surface area contributed by atoms with Gasteiger partial charge in [0.1, 0.15) is 0 Å². The van der Waals surface area contributed by atoms with Gasteiger partial charge in [-0.2, -0.15) is 0 Å². The minimum Gasteiger partial charge on any atom is -0.364 e. The molecule has 2 aliphatic rings. The van der Waals surface area contributed by atoms with Gasteiger partial charge in [0.2, 0.25) is 0 Å². The number of benzene rings is 1. The molecular formula is C19H29NO. The van der Waals surface area contributed by atoms with Gasteiger partial charge in [-0.15, -0.1) is 0 Å². The quantitative estimate of drug-likeness (QED) is 0.829. The molecule has 0 radical (unpaired) electrons. The maximum absolute atomic E-state index is 6.56. The second-order valence-corrected chi connectivity index (χ2v) is 7.85. The monoisotopic (exact) mass is 287 g/mol. The van der Waals surface area contributed by atoms with Crippen molar-refractivity contribution >= 4 is 0 Å². The van der Waals surface area contributed by atoms with E-state index in [-0.39, 0.29) is 17.1 Å². The molecule has 1 spiro atoms. The Balaban J connectivity index is 1.74. The highest BCUT2D eigenvalue weighted by atomic mass is 16.5. The Hall–Kier alpha value is -0.860. The summed E-state index contributed by atoms with van der Waals surface area (Å²) in [5, 5.41) is 3.61. The Labute approximate surface area is 129 Å². The van der Waals surface area contributed by atoms with Gasteiger partial charge in [-0.3, -0.25) is 0 Å². The lowest BCUT2D eigenvalue weighted by molar-refractivity contribution is -0.135. The van der Waals surface area contributed by atoms with Crippen LogP contribution in [-0.2, 0) is 10.2 Å². The topological polar surface area (TPSA) is 21.3 Å². The smallest absolute Gasteiger partial charge is 0.0957 e. The fraction of sp³-hybridized carbons (Fsp3) is 0.684. The third kappa shape index (κ3) is 3.32. The fourth-order valence-electron chi connectivity index (χ4n) is 3.69. The first-order valence-corrected chi connectivity index (χ1v) is 8.48. The van der Waals surface area contributed by atoms with Crippen LogP contribution in [0.5, 0.6) is 0 Å². The molecule has 0 amide bonds. The van der Waals surface area contributed by atoms with Gasteiger partial charge in [0.25, 0.3) is 0 Å². The molecule has 2 nitrogen and oxygen atoms in total. The second kappa shape index (κ2) is 5.73. The van der Waals surface area contributed by atoms with Crippen LogP contribution in [0.4, 0.5) is 0 Å². The van der Waals surface area contributed by atoms with Crippen molar-refractivity contribution in [2.45, 2.75) is 70.0 Å². The van der Waals surface area contributed by atoms with Gasteiger partial charge in [0.15, 0.2) is 0 Å². The van der Waals surface area contributed by atoms with Crippen LogP contribution in [0.3, 0.4) is 0 Å². The van der Waals surface area contributed by atoms with Crippen LogP contribution in [-0.4, -0.2) is 18.7 Å². The molecule has 2 fully saturated rings. The van der Waals surface area contributed by atoms with Crippen molar-refractivity contribution in [1.29, 1.82) is 0 Å². The molecule has 0 aromatic heterocycles. The van der Waals surface area contributed by atoms with Crippen molar-refractivity contribution in [2.75, 3.05) is 13.1 Å². The first kappa shape index (κ1) is 15.1. The second-order valence-electron chi connectivity index (χ2n) is 7.85. The summed E-state index contributed by atoms with van der Waals surface area (Å²) >= 11 is 0. The Bertz CT molecular complexity index is 460. The minimum atomic E-state index is 0.101. The predicted octanol–water partition coefficient (Wildman–Crippen LogP) is 4.35. The van der Waals surface area contributed by atoms with Gasteiger partial charge in [0.05, 0.1) is 11.7 Å². The van der Waals surface area contributed by atoms with Crippen molar-refractivity contribution in [1.82, 2.24) is 5.32 Å². The van der Waals surface area contributed by atoms with E-state index in [1.807, 2.05) is 0 Å². The Morgan fingerprint density at radius 1 is 1.05 bits per heavy atom. The zero-order valence-corrected chi connectivity index (χ0v) is 13.7. The number of rotatable bonds is 1. The van der Waals surface area contributed by atoms with E-state index in [1.54, 1.807) is 0 Å². The van der Waals surface area contributed by atoms with Gasteiger partial charge in [0, 0.05) is 13.1 Å². The summed E-state index contributed by atoms with van der Waals surface area (Å²) in [6.07, 6.45) is 6.66. The molecule has 1 N–H and O–H groups in total. The first-order chi connectivity index (χ1) is 9.99. The van der Waals surface area contributed by atoms with Crippen LogP contribution in [0.1, 0.15) is 70.1 Å². The van der Waals surface area contributed by atoms with E-state index in [1.165, 1.54) is 43.2 Å². The summed E-state index contributed by atoms with van der Waals surface area (Å²) in [4.78, 5) is 0. The van der Waals surface area contributed by atoms with Crippen LogP contribution >= 0.6 is 0 Å². The fourth-order valence-corrected chi connectivity index (χ4v) is 3.69. The summed E-state index contributed by atoms with van der Waals surface area (Å²) in [7, 11) is 0. The zero-order valence-electron chi connectivity index (χ0n) is 13.7. The van der Waals surface area contributed by atoms with Crippen molar-refractivity contribution in [2.24, 2.45) is 0 Å². The van der Waals surface area contributed by atoms with Crippen molar-refractivity contribution in [3.63, 3.8) is 0 Å². The molecule has 1 aliphatic heterocycles. The molecule has 1 saturated carbocycles. The van der Waals surface area contributed by atoms with Crippen LogP contribution in [0.25, 0.3) is 0 Å².